The Labute approximate surface area is 123 Å². The van der Waals surface area contributed by atoms with Gasteiger partial charge in [-0.15, -0.1) is 0 Å². The van der Waals surface area contributed by atoms with E-state index in [1.165, 1.54) is 5.56 Å². The van der Waals surface area contributed by atoms with Gasteiger partial charge in [-0.05, 0) is 41.8 Å². The van der Waals surface area contributed by atoms with Crippen molar-refractivity contribution in [1.29, 1.82) is 0 Å². The monoisotopic (exact) mass is 279 g/mol. The van der Waals surface area contributed by atoms with Crippen LogP contribution in [-0.2, 0) is 17.8 Å². The molecule has 0 spiro atoms. The molecule has 0 aliphatic rings. The van der Waals surface area contributed by atoms with Crippen molar-refractivity contribution in [3.05, 3.63) is 65.6 Å². The first kappa shape index (κ1) is 13.4. The number of aromatic amines is 1. The molecule has 0 saturated carbocycles. The van der Waals surface area contributed by atoms with Gasteiger partial charge in [0.2, 0.25) is 5.91 Å². The minimum Gasteiger partial charge on any atom is -0.361 e. The maximum Gasteiger partial charge on any atom is 0.224 e. The van der Waals surface area contributed by atoms with Crippen LogP contribution in [0.2, 0.25) is 0 Å². The van der Waals surface area contributed by atoms with Gasteiger partial charge in [-0.3, -0.25) is 9.78 Å². The summed E-state index contributed by atoms with van der Waals surface area (Å²) in [5, 5.41) is 4.04. The summed E-state index contributed by atoms with van der Waals surface area (Å²) in [6.07, 6.45) is 5.75. The maximum atomic E-state index is 12.1. The second-order valence-electron chi connectivity index (χ2n) is 5.17. The number of fused-ring (bicyclic) bond motifs is 1. The molecule has 0 radical (unpaired) electrons. The van der Waals surface area contributed by atoms with Gasteiger partial charge >= 0.3 is 0 Å². The van der Waals surface area contributed by atoms with Crippen molar-refractivity contribution in [2.45, 2.75) is 19.9 Å². The van der Waals surface area contributed by atoms with Crippen LogP contribution < -0.4 is 5.32 Å². The Hall–Kier alpha value is -2.62. The van der Waals surface area contributed by atoms with Crippen molar-refractivity contribution < 1.29 is 4.79 Å². The minimum absolute atomic E-state index is 0.0216. The molecular formula is C17H17N3O. The molecule has 0 saturated heterocycles. The van der Waals surface area contributed by atoms with Crippen LogP contribution in [0.4, 0.5) is 0 Å². The fourth-order valence-corrected chi connectivity index (χ4v) is 2.38. The molecule has 2 heterocycles. The number of rotatable bonds is 4. The summed E-state index contributed by atoms with van der Waals surface area (Å²) >= 11 is 0. The average molecular weight is 279 g/mol. The van der Waals surface area contributed by atoms with Crippen LogP contribution in [0.15, 0.2) is 48.9 Å². The summed E-state index contributed by atoms with van der Waals surface area (Å²) in [6, 6.07) is 10.0. The van der Waals surface area contributed by atoms with Crippen molar-refractivity contribution in [1.82, 2.24) is 15.3 Å². The van der Waals surface area contributed by atoms with Gasteiger partial charge in [-0.2, -0.15) is 0 Å². The van der Waals surface area contributed by atoms with E-state index in [4.69, 9.17) is 0 Å². The Morgan fingerprint density at radius 2 is 2.05 bits per heavy atom. The van der Waals surface area contributed by atoms with Gasteiger partial charge in [0.25, 0.3) is 0 Å². The van der Waals surface area contributed by atoms with E-state index >= 15 is 0 Å². The third-order valence-corrected chi connectivity index (χ3v) is 3.51. The number of benzene rings is 1. The van der Waals surface area contributed by atoms with Crippen LogP contribution in [0.25, 0.3) is 10.9 Å². The Bertz CT molecular complexity index is 762. The second kappa shape index (κ2) is 5.79. The lowest BCUT2D eigenvalue weighted by molar-refractivity contribution is -0.120. The predicted molar refractivity (Wildman–Crippen MR) is 82.8 cm³/mol. The molecule has 21 heavy (non-hydrogen) atoms. The second-order valence-corrected chi connectivity index (χ2v) is 5.17. The highest BCUT2D eigenvalue weighted by Crippen LogP contribution is 2.19. The van der Waals surface area contributed by atoms with Crippen LogP contribution in [0.1, 0.15) is 16.7 Å². The molecule has 0 bridgehead atoms. The van der Waals surface area contributed by atoms with Crippen molar-refractivity contribution in [3.8, 4) is 0 Å². The van der Waals surface area contributed by atoms with E-state index in [-0.39, 0.29) is 5.91 Å². The van der Waals surface area contributed by atoms with Gasteiger partial charge in [0.1, 0.15) is 0 Å². The van der Waals surface area contributed by atoms with Gasteiger partial charge in [-0.1, -0.05) is 12.1 Å². The lowest BCUT2D eigenvalue weighted by Crippen LogP contribution is -2.24. The number of nitrogens with zero attached hydrogens (tertiary/aromatic N) is 1. The van der Waals surface area contributed by atoms with Crippen LogP contribution in [0.3, 0.4) is 0 Å². The molecule has 1 amide bonds. The van der Waals surface area contributed by atoms with E-state index in [0.717, 1.165) is 22.0 Å². The first-order valence-corrected chi connectivity index (χ1v) is 6.94. The van der Waals surface area contributed by atoms with Crippen LogP contribution in [0.5, 0.6) is 0 Å². The van der Waals surface area contributed by atoms with E-state index < -0.39 is 0 Å². The standard InChI is InChI=1S/C17H17N3O/c1-12-2-3-15-14(11-19-16(15)8-12)9-17(21)20-10-13-4-6-18-7-5-13/h2-8,11,19H,9-10H2,1H3,(H,20,21). The third-order valence-electron chi connectivity index (χ3n) is 3.51. The molecule has 0 aliphatic carbocycles. The third kappa shape index (κ3) is 3.11. The molecule has 0 aliphatic heterocycles. The minimum atomic E-state index is 0.0216. The highest BCUT2D eigenvalue weighted by Gasteiger charge is 2.08. The van der Waals surface area contributed by atoms with Gasteiger partial charge in [-0.25, -0.2) is 0 Å². The molecule has 2 N–H and O–H groups in total. The molecule has 0 atom stereocenters. The summed E-state index contributed by atoms with van der Waals surface area (Å²) in [5.41, 5.74) is 4.36. The quantitative estimate of drug-likeness (QED) is 0.771. The van der Waals surface area contributed by atoms with E-state index in [1.54, 1.807) is 12.4 Å². The number of aryl methyl sites for hydroxylation is 1. The first-order chi connectivity index (χ1) is 10.2. The summed E-state index contributed by atoms with van der Waals surface area (Å²) in [4.78, 5) is 19.2. The summed E-state index contributed by atoms with van der Waals surface area (Å²) in [5.74, 6) is 0.0216. The van der Waals surface area contributed by atoms with Crippen molar-refractivity contribution in [3.63, 3.8) is 0 Å². The Kier molecular flexibility index (Phi) is 3.69. The average Bonchev–Trinajstić information content (AvgIpc) is 2.88. The van der Waals surface area contributed by atoms with Gasteiger partial charge < -0.3 is 10.3 Å². The molecule has 0 fully saturated rings. The number of pyridine rings is 1. The summed E-state index contributed by atoms with van der Waals surface area (Å²) < 4.78 is 0. The smallest absolute Gasteiger partial charge is 0.224 e. The highest BCUT2D eigenvalue weighted by atomic mass is 16.1. The lowest BCUT2D eigenvalue weighted by atomic mass is 10.1. The normalized spacial score (nSPS) is 10.7. The molecule has 4 heteroatoms. The van der Waals surface area contributed by atoms with Crippen LogP contribution >= 0.6 is 0 Å². The molecule has 0 unspecified atom stereocenters. The topological polar surface area (TPSA) is 57.8 Å². The molecule has 3 rings (SSSR count). The highest BCUT2D eigenvalue weighted by molar-refractivity contribution is 5.89. The SMILES string of the molecule is Cc1ccc2c(CC(=O)NCc3ccncc3)c[nH]c2c1. The fraction of sp³-hybridized carbons (Fsp3) is 0.176. The first-order valence-electron chi connectivity index (χ1n) is 6.94. The number of hydrogen-bond acceptors (Lipinski definition) is 2. The zero-order chi connectivity index (χ0) is 14.7. The summed E-state index contributed by atoms with van der Waals surface area (Å²) in [6.45, 7) is 2.59. The molecule has 2 aromatic heterocycles. The zero-order valence-corrected chi connectivity index (χ0v) is 11.9. The maximum absolute atomic E-state index is 12.1. The number of H-pyrrole nitrogens is 1. The lowest BCUT2D eigenvalue weighted by Gasteiger charge is -2.04. The van der Waals surface area contributed by atoms with Gasteiger partial charge in [0.15, 0.2) is 0 Å². The number of aromatic nitrogens is 2. The molecule has 4 nitrogen and oxygen atoms in total. The van der Waals surface area contributed by atoms with Gasteiger partial charge in [0.05, 0.1) is 6.42 Å². The number of nitrogens with one attached hydrogen (secondary N) is 2. The van der Waals surface area contributed by atoms with Gasteiger partial charge in [0, 0.05) is 36.0 Å². The number of amides is 1. The Morgan fingerprint density at radius 3 is 2.86 bits per heavy atom. The summed E-state index contributed by atoms with van der Waals surface area (Å²) in [7, 11) is 0. The van der Waals surface area contributed by atoms with Crippen molar-refractivity contribution in [2.75, 3.05) is 0 Å². The molecule has 3 aromatic rings. The van der Waals surface area contributed by atoms with Crippen LogP contribution in [-0.4, -0.2) is 15.9 Å². The molecule has 106 valence electrons. The zero-order valence-electron chi connectivity index (χ0n) is 11.9. The van der Waals surface area contributed by atoms with E-state index in [0.29, 0.717) is 13.0 Å². The van der Waals surface area contributed by atoms with Crippen molar-refractivity contribution >= 4 is 16.8 Å². The number of hydrogen-bond donors (Lipinski definition) is 2. The predicted octanol–water partition coefficient (Wildman–Crippen LogP) is 2.73. The fourth-order valence-electron chi connectivity index (χ4n) is 2.38. The molecular weight excluding hydrogens is 262 g/mol. The largest absolute Gasteiger partial charge is 0.361 e. The number of carbonyl (C=O) groups is 1. The Morgan fingerprint density at radius 1 is 1.24 bits per heavy atom. The van der Waals surface area contributed by atoms with E-state index in [2.05, 4.69) is 40.4 Å². The van der Waals surface area contributed by atoms with E-state index in [1.807, 2.05) is 18.3 Å². The van der Waals surface area contributed by atoms with E-state index in [9.17, 15) is 4.79 Å². The molecule has 1 aromatic carbocycles. The number of carbonyl (C=O) groups excluding carboxylic acids is 1. The van der Waals surface area contributed by atoms with Crippen LogP contribution in [0, 0.1) is 6.92 Å². The van der Waals surface area contributed by atoms with Crippen molar-refractivity contribution in [2.24, 2.45) is 0 Å². The Balaban J connectivity index is 1.66.